The first-order valence-electron chi connectivity index (χ1n) is 8.12. The minimum Gasteiger partial charge on any atom is -0.497 e. The first kappa shape index (κ1) is 19.3. The minimum absolute atomic E-state index is 0.0425. The number of hydrogen-bond donors (Lipinski definition) is 1. The summed E-state index contributed by atoms with van der Waals surface area (Å²) in [5, 5.41) is 25.0. The predicted octanol–water partition coefficient (Wildman–Crippen LogP) is 2.70. The van der Waals surface area contributed by atoms with Crippen LogP contribution in [0.3, 0.4) is 0 Å². The number of anilines is 1. The zero-order chi connectivity index (χ0) is 20.1. The van der Waals surface area contributed by atoms with E-state index >= 15 is 0 Å². The summed E-state index contributed by atoms with van der Waals surface area (Å²) in [4.78, 5) is 22.6. The Morgan fingerprint density at radius 2 is 1.89 bits per heavy atom. The number of amides is 1. The summed E-state index contributed by atoms with van der Waals surface area (Å²) in [6, 6.07) is 12.8. The molecule has 3 aromatic rings. The molecule has 0 spiro atoms. The summed E-state index contributed by atoms with van der Waals surface area (Å²) in [5.41, 5.74) is 1.16. The number of ether oxygens (including phenoxy) is 1. The number of nitrogens with one attached hydrogen (secondary N) is 1. The van der Waals surface area contributed by atoms with E-state index in [1.54, 1.807) is 38.3 Å². The van der Waals surface area contributed by atoms with E-state index in [1.165, 1.54) is 40.7 Å². The van der Waals surface area contributed by atoms with Gasteiger partial charge in [0.15, 0.2) is 0 Å². The van der Waals surface area contributed by atoms with Gasteiger partial charge in [0.2, 0.25) is 11.1 Å². The molecule has 0 radical (unpaired) electrons. The van der Waals surface area contributed by atoms with Crippen molar-refractivity contribution in [1.82, 2.24) is 20.2 Å². The lowest BCUT2D eigenvalue weighted by molar-refractivity contribution is -0.384. The zero-order valence-corrected chi connectivity index (χ0v) is 15.8. The average molecular weight is 400 g/mol. The second-order valence-corrected chi connectivity index (χ2v) is 6.93. The molecule has 0 unspecified atom stereocenters. The van der Waals surface area contributed by atoms with E-state index in [9.17, 15) is 14.9 Å². The third kappa shape index (κ3) is 4.43. The van der Waals surface area contributed by atoms with Crippen LogP contribution >= 0.6 is 11.8 Å². The molecule has 0 bridgehead atoms. The van der Waals surface area contributed by atoms with Crippen LogP contribution in [0.15, 0.2) is 53.7 Å². The van der Waals surface area contributed by atoms with Crippen molar-refractivity contribution in [3.05, 3.63) is 58.6 Å². The number of benzene rings is 2. The van der Waals surface area contributed by atoms with E-state index < -0.39 is 10.2 Å². The van der Waals surface area contributed by atoms with Crippen molar-refractivity contribution in [2.24, 2.45) is 0 Å². The molecule has 28 heavy (non-hydrogen) atoms. The van der Waals surface area contributed by atoms with Gasteiger partial charge in [-0.2, -0.15) is 4.68 Å². The topological polar surface area (TPSA) is 125 Å². The molecule has 11 heteroatoms. The Kier molecular flexibility index (Phi) is 5.84. The fourth-order valence-electron chi connectivity index (χ4n) is 2.26. The molecule has 0 saturated carbocycles. The van der Waals surface area contributed by atoms with E-state index in [0.717, 1.165) is 5.69 Å². The van der Waals surface area contributed by atoms with Gasteiger partial charge in [0, 0.05) is 17.8 Å². The molecule has 1 atom stereocenters. The summed E-state index contributed by atoms with van der Waals surface area (Å²) in [7, 11) is 1.58. The number of carbonyl (C=O) groups is 1. The lowest BCUT2D eigenvalue weighted by atomic mass is 10.3. The molecule has 1 aromatic heterocycles. The maximum absolute atomic E-state index is 12.4. The molecular weight excluding hydrogens is 384 g/mol. The van der Waals surface area contributed by atoms with Crippen LogP contribution in [0.25, 0.3) is 5.69 Å². The van der Waals surface area contributed by atoms with Crippen LogP contribution in [-0.2, 0) is 4.79 Å². The van der Waals surface area contributed by atoms with E-state index in [1.807, 2.05) is 0 Å². The molecule has 0 fully saturated rings. The maximum atomic E-state index is 12.4. The van der Waals surface area contributed by atoms with Crippen LogP contribution in [0.1, 0.15) is 6.92 Å². The second kappa shape index (κ2) is 8.48. The highest BCUT2D eigenvalue weighted by atomic mass is 32.2. The van der Waals surface area contributed by atoms with Crippen LogP contribution in [0.2, 0.25) is 0 Å². The van der Waals surface area contributed by atoms with Gasteiger partial charge in [0.25, 0.3) is 5.69 Å². The van der Waals surface area contributed by atoms with Crippen molar-refractivity contribution in [3.8, 4) is 11.4 Å². The normalized spacial score (nSPS) is 11.6. The smallest absolute Gasteiger partial charge is 0.269 e. The number of aromatic nitrogens is 4. The van der Waals surface area contributed by atoms with Crippen LogP contribution in [0.5, 0.6) is 5.75 Å². The van der Waals surface area contributed by atoms with Crippen molar-refractivity contribution in [1.29, 1.82) is 0 Å². The van der Waals surface area contributed by atoms with Crippen molar-refractivity contribution in [2.75, 3.05) is 12.4 Å². The van der Waals surface area contributed by atoms with Gasteiger partial charge in [-0.15, -0.1) is 5.10 Å². The largest absolute Gasteiger partial charge is 0.497 e. The Balaban J connectivity index is 1.67. The molecule has 0 aliphatic carbocycles. The third-order valence-electron chi connectivity index (χ3n) is 3.75. The highest BCUT2D eigenvalue weighted by Gasteiger charge is 2.19. The van der Waals surface area contributed by atoms with Gasteiger partial charge in [0.05, 0.1) is 23.0 Å². The van der Waals surface area contributed by atoms with Crippen LogP contribution in [-0.4, -0.2) is 43.4 Å². The minimum atomic E-state index is -0.502. The maximum Gasteiger partial charge on any atom is 0.269 e. The van der Waals surface area contributed by atoms with Crippen molar-refractivity contribution in [2.45, 2.75) is 17.3 Å². The molecule has 0 aliphatic rings. The number of thioether (sulfide) groups is 1. The second-order valence-electron chi connectivity index (χ2n) is 5.62. The van der Waals surface area contributed by atoms with Crippen LogP contribution in [0, 0.1) is 10.1 Å². The van der Waals surface area contributed by atoms with Gasteiger partial charge in [-0.25, -0.2) is 0 Å². The summed E-state index contributed by atoms with van der Waals surface area (Å²) >= 11 is 1.19. The Morgan fingerprint density at radius 3 is 2.50 bits per heavy atom. The molecule has 10 nitrogen and oxygen atoms in total. The first-order chi connectivity index (χ1) is 13.5. The standard InChI is InChI=1S/C17H16N6O4S/c1-11(16(24)18-12-3-5-14(6-4-12)23(25)26)28-17-19-20-21-22(17)13-7-9-15(27-2)10-8-13/h3-11H,1-2H3,(H,18,24)/t11-/m1/s1. The first-order valence-corrected chi connectivity index (χ1v) is 9.00. The number of nitro groups is 1. The van der Waals surface area contributed by atoms with Gasteiger partial charge in [0.1, 0.15) is 5.75 Å². The summed E-state index contributed by atoms with van der Waals surface area (Å²) in [5.74, 6) is 0.435. The van der Waals surface area contributed by atoms with Crippen molar-refractivity contribution >= 4 is 29.0 Å². The molecule has 1 N–H and O–H groups in total. The fraction of sp³-hybridized carbons (Fsp3) is 0.176. The highest BCUT2D eigenvalue weighted by molar-refractivity contribution is 8.00. The van der Waals surface area contributed by atoms with E-state index in [-0.39, 0.29) is 11.6 Å². The molecular formula is C17H16N6O4S. The Labute approximate surface area is 164 Å². The number of tetrazole rings is 1. The molecule has 144 valence electrons. The SMILES string of the molecule is COc1ccc(-n2nnnc2S[C@H](C)C(=O)Nc2ccc([N+](=O)[O-])cc2)cc1. The van der Waals surface area contributed by atoms with E-state index in [0.29, 0.717) is 16.6 Å². The predicted molar refractivity (Wildman–Crippen MR) is 103 cm³/mol. The lowest BCUT2D eigenvalue weighted by Gasteiger charge is -2.12. The summed E-state index contributed by atoms with van der Waals surface area (Å²) < 4.78 is 6.66. The third-order valence-corrected chi connectivity index (χ3v) is 4.79. The zero-order valence-electron chi connectivity index (χ0n) is 15.0. The number of rotatable bonds is 7. The Hall–Kier alpha value is -3.47. The van der Waals surface area contributed by atoms with Crippen molar-refractivity contribution in [3.63, 3.8) is 0 Å². The number of carbonyl (C=O) groups excluding carboxylic acids is 1. The number of nitrogens with zero attached hydrogens (tertiary/aromatic N) is 5. The fourth-order valence-corrected chi connectivity index (χ4v) is 3.07. The quantitative estimate of drug-likeness (QED) is 0.364. The lowest BCUT2D eigenvalue weighted by Crippen LogP contribution is -2.22. The monoisotopic (exact) mass is 400 g/mol. The van der Waals surface area contributed by atoms with Gasteiger partial charge >= 0.3 is 0 Å². The molecule has 1 heterocycles. The van der Waals surface area contributed by atoms with Crippen LogP contribution in [0.4, 0.5) is 11.4 Å². The van der Waals surface area contributed by atoms with Gasteiger partial charge < -0.3 is 10.1 Å². The van der Waals surface area contributed by atoms with Gasteiger partial charge in [-0.3, -0.25) is 14.9 Å². The number of methoxy groups -OCH3 is 1. The molecule has 0 saturated heterocycles. The Bertz CT molecular complexity index is 974. The summed E-state index contributed by atoms with van der Waals surface area (Å²) in [6.07, 6.45) is 0. The molecule has 1 amide bonds. The average Bonchev–Trinajstić information content (AvgIpc) is 3.16. The molecule has 3 rings (SSSR count). The summed E-state index contributed by atoms with van der Waals surface area (Å²) in [6.45, 7) is 1.72. The number of nitro benzene ring substituents is 1. The number of hydrogen-bond acceptors (Lipinski definition) is 8. The highest BCUT2D eigenvalue weighted by Crippen LogP contribution is 2.25. The van der Waals surface area contributed by atoms with Crippen LogP contribution < -0.4 is 10.1 Å². The molecule has 0 aliphatic heterocycles. The molecule has 2 aromatic carbocycles. The Morgan fingerprint density at radius 1 is 1.21 bits per heavy atom. The van der Waals surface area contributed by atoms with E-state index in [4.69, 9.17) is 4.74 Å². The van der Waals surface area contributed by atoms with Gasteiger partial charge in [-0.1, -0.05) is 11.8 Å². The van der Waals surface area contributed by atoms with Crippen molar-refractivity contribution < 1.29 is 14.5 Å². The number of non-ortho nitro benzene ring substituents is 1. The van der Waals surface area contributed by atoms with E-state index in [2.05, 4.69) is 20.8 Å². The van der Waals surface area contributed by atoms with Gasteiger partial charge in [-0.05, 0) is 53.7 Å².